The number of nitrogens with one attached hydrogen (secondary N) is 3. The first kappa shape index (κ1) is 27.2. The third-order valence-electron chi connectivity index (χ3n) is 6.97. The molecule has 0 bridgehead atoms. The number of hydrogen-bond acceptors (Lipinski definition) is 10. The minimum atomic E-state index is -2.80. The molecule has 0 saturated carbocycles. The highest BCUT2D eigenvalue weighted by Crippen LogP contribution is 2.28. The lowest BCUT2D eigenvalue weighted by Gasteiger charge is -2.39. The molecule has 2 amide bonds. The summed E-state index contributed by atoms with van der Waals surface area (Å²) in [7, 11) is 0. The fourth-order valence-electron chi connectivity index (χ4n) is 5.04. The fourth-order valence-corrected chi connectivity index (χ4v) is 5.04. The van der Waals surface area contributed by atoms with Gasteiger partial charge >= 0.3 is 6.55 Å². The number of anilines is 1. The van der Waals surface area contributed by atoms with E-state index < -0.39 is 12.6 Å². The van der Waals surface area contributed by atoms with Crippen molar-refractivity contribution in [2.75, 3.05) is 31.5 Å². The van der Waals surface area contributed by atoms with Crippen LogP contribution in [0.3, 0.4) is 0 Å². The van der Waals surface area contributed by atoms with Gasteiger partial charge in [-0.05, 0) is 35.9 Å². The molecule has 0 unspecified atom stereocenters. The average Bonchev–Trinajstić information content (AvgIpc) is 3.66. The maximum absolute atomic E-state index is 13.5. The van der Waals surface area contributed by atoms with E-state index >= 15 is 0 Å². The SMILES string of the molecule is CC(=O)Nc1ccc2oc(-c3cc(C(=O)N4CCN([C@@H](C5=NN(C(F)F)NN5)c5ccccc5)CC4)ccn3)nc2c1. The molecule has 1 fully saturated rings. The van der Waals surface area contributed by atoms with Crippen LogP contribution < -0.4 is 16.3 Å². The van der Waals surface area contributed by atoms with Crippen molar-refractivity contribution in [3.8, 4) is 11.6 Å². The van der Waals surface area contributed by atoms with Crippen molar-refractivity contribution < 1.29 is 22.8 Å². The summed E-state index contributed by atoms with van der Waals surface area (Å²) < 4.78 is 32.3. The van der Waals surface area contributed by atoms with E-state index in [0.29, 0.717) is 65.2 Å². The lowest BCUT2D eigenvalue weighted by Crippen LogP contribution is -2.52. The lowest BCUT2D eigenvalue weighted by atomic mass is 10.0. The van der Waals surface area contributed by atoms with Gasteiger partial charge in [-0.25, -0.2) is 4.98 Å². The average molecular weight is 576 g/mol. The van der Waals surface area contributed by atoms with Gasteiger partial charge in [0, 0.05) is 50.6 Å². The zero-order chi connectivity index (χ0) is 29.2. The van der Waals surface area contributed by atoms with Crippen LogP contribution in [-0.2, 0) is 4.79 Å². The summed E-state index contributed by atoms with van der Waals surface area (Å²) in [5.74, 6) is 0.247. The first-order chi connectivity index (χ1) is 20.4. The van der Waals surface area contributed by atoms with E-state index in [1.54, 1.807) is 35.2 Å². The van der Waals surface area contributed by atoms with Crippen LogP contribution in [0.25, 0.3) is 22.7 Å². The van der Waals surface area contributed by atoms with Crippen molar-refractivity contribution in [3.05, 3.63) is 78.0 Å². The number of fused-ring (bicyclic) bond motifs is 1. The highest BCUT2D eigenvalue weighted by atomic mass is 19.3. The number of nitrogens with zero attached hydrogens (tertiary/aromatic N) is 6. The Hall–Kier alpha value is -4.95. The van der Waals surface area contributed by atoms with Gasteiger partial charge in [-0.15, -0.1) is 15.8 Å². The predicted octanol–water partition coefficient (Wildman–Crippen LogP) is 3.21. The van der Waals surface area contributed by atoms with Crippen molar-refractivity contribution in [2.24, 2.45) is 5.10 Å². The third kappa shape index (κ3) is 5.62. The van der Waals surface area contributed by atoms with Crippen LogP contribution >= 0.6 is 0 Å². The van der Waals surface area contributed by atoms with Gasteiger partial charge in [0.1, 0.15) is 11.2 Å². The number of aromatic nitrogens is 2. The Labute approximate surface area is 238 Å². The van der Waals surface area contributed by atoms with E-state index in [9.17, 15) is 18.4 Å². The molecule has 3 N–H and O–H groups in total. The molecule has 1 saturated heterocycles. The minimum Gasteiger partial charge on any atom is -0.435 e. The molecule has 14 heteroatoms. The van der Waals surface area contributed by atoms with E-state index in [4.69, 9.17) is 4.42 Å². The molecular formula is C28H27F2N9O3. The zero-order valence-corrected chi connectivity index (χ0v) is 22.5. The van der Waals surface area contributed by atoms with Crippen LogP contribution in [0, 0.1) is 0 Å². The van der Waals surface area contributed by atoms with Crippen LogP contribution in [0.15, 0.2) is 76.4 Å². The summed E-state index contributed by atoms with van der Waals surface area (Å²) >= 11 is 0. The third-order valence-corrected chi connectivity index (χ3v) is 6.97. The van der Waals surface area contributed by atoms with Gasteiger partial charge in [-0.2, -0.15) is 8.78 Å². The standard InChI is InChI=1S/C28H27F2N9O3/c1-17(40)32-20-7-8-23-21(16-20)33-26(42-23)22-15-19(9-10-31-22)27(41)38-13-11-37(12-14-38)24(18-5-3-2-4-6-18)25-34-36-39(35-25)28(29)30/h2-10,15-16,24,28,36H,11-14H2,1H3,(H,32,40)(H,34,35)/t24-/m1/s1. The largest absolute Gasteiger partial charge is 0.435 e. The maximum atomic E-state index is 13.5. The van der Waals surface area contributed by atoms with Crippen LogP contribution in [0.1, 0.15) is 28.9 Å². The Bertz CT molecular complexity index is 1640. The zero-order valence-electron chi connectivity index (χ0n) is 22.5. The molecule has 4 aromatic rings. The number of alkyl halides is 2. The van der Waals surface area contributed by atoms with Crippen molar-refractivity contribution in [3.63, 3.8) is 0 Å². The number of hydrogen-bond donors (Lipinski definition) is 3. The Morgan fingerprint density at radius 3 is 2.52 bits per heavy atom. The van der Waals surface area contributed by atoms with Crippen molar-refractivity contribution in [1.82, 2.24) is 35.8 Å². The van der Waals surface area contributed by atoms with Crippen molar-refractivity contribution >= 4 is 34.4 Å². The van der Waals surface area contributed by atoms with Crippen LogP contribution in [0.5, 0.6) is 0 Å². The predicted molar refractivity (Wildman–Crippen MR) is 150 cm³/mol. The number of carbonyl (C=O) groups is 2. The molecule has 0 spiro atoms. The van der Waals surface area contributed by atoms with Gasteiger partial charge in [0.25, 0.3) is 5.91 Å². The second-order valence-electron chi connectivity index (χ2n) is 9.80. The van der Waals surface area contributed by atoms with E-state index in [2.05, 4.69) is 36.2 Å². The molecule has 12 nitrogen and oxygen atoms in total. The Kier molecular flexibility index (Phi) is 7.46. The Balaban J connectivity index is 1.17. The summed E-state index contributed by atoms with van der Waals surface area (Å²) in [5.41, 5.74) is 8.56. The van der Waals surface area contributed by atoms with E-state index in [1.165, 1.54) is 13.1 Å². The Morgan fingerprint density at radius 2 is 1.81 bits per heavy atom. The number of amides is 2. The molecular weight excluding hydrogens is 548 g/mol. The number of carbonyl (C=O) groups excluding carboxylic acids is 2. The van der Waals surface area contributed by atoms with Gasteiger partial charge < -0.3 is 14.6 Å². The second kappa shape index (κ2) is 11.5. The molecule has 216 valence electrons. The topological polar surface area (TPSA) is 131 Å². The van der Waals surface area contributed by atoms with E-state index in [-0.39, 0.29) is 17.7 Å². The van der Waals surface area contributed by atoms with Gasteiger partial charge in [0.15, 0.2) is 11.4 Å². The maximum Gasteiger partial charge on any atom is 0.344 e. The number of hydrazone groups is 1. The molecule has 0 aliphatic carbocycles. The number of piperazine rings is 1. The highest BCUT2D eigenvalue weighted by Gasteiger charge is 2.34. The first-order valence-corrected chi connectivity index (χ1v) is 13.3. The number of halogens is 2. The number of pyridine rings is 1. The number of rotatable bonds is 7. The summed E-state index contributed by atoms with van der Waals surface area (Å²) in [6.07, 6.45) is 1.54. The number of oxazole rings is 1. The molecule has 4 heterocycles. The highest BCUT2D eigenvalue weighted by molar-refractivity contribution is 5.95. The monoisotopic (exact) mass is 575 g/mol. The fraction of sp³-hybridized carbons (Fsp3) is 0.250. The quantitative estimate of drug-likeness (QED) is 0.284. The summed E-state index contributed by atoms with van der Waals surface area (Å²) in [6, 6.07) is 17.5. The Morgan fingerprint density at radius 1 is 1.02 bits per heavy atom. The van der Waals surface area contributed by atoms with Gasteiger partial charge in [-0.3, -0.25) is 24.9 Å². The molecule has 2 aliphatic rings. The summed E-state index contributed by atoms with van der Waals surface area (Å²) in [4.78, 5) is 37.5. The van der Waals surface area contributed by atoms with Gasteiger partial charge in [-0.1, -0.05) is 30.3 Å². The first-order valence-electron chi connectivity index (χ1n) is 13.3. The van der Waals surface area contributed by atoms with Gasteiger partial charge in [0.2, 0.25) is 11.8 Å². The minimum absolute atomic E-state index is 0.166. The normalized spacial score (nSPS) is 16.4. The second-order valence-corrected chi connectivity index (χ2v) is 9.80. The van der Waals surface area contributed by atoms with E-state index in [1.807, 2.05) is 30.3 Å². The number of amidine groups is 1. The summed E-state index contributed by atoms with van der Waals surface area (Å²) in [5, 5.41) is 7.22. The van der Waals surface area contributed by atoms with E-state index in [0.717, 1.165) is 5.56 Å². The molecule has 6 rings (SSSR count). The molecule has 2 aliphatic heterocycles. The van der Waals surface area contributed by atoms with Crippen LogP contribution in [-0.4, -0.2) is 75.3 Å². The number of benzene rings is 2. The van der Waals surface area contributed by atoms with Crippen LogP contribution in [0.2, 0.25) is 0 Å². The molecule has 2 aromatic heterocycles. The molecule has 2 aromatic carbocycles. The van der Waals surface area contributed by atoms with Crippen molar-refractivity contribution in [2.45, 2.75) is 19.5 Å². The molecule has 1 atom stereocenters. The van der Waals surface area contributed by atoms with Crippen LogP contribution in [0.4, 0.5) is 14.5 Å². The summed E-state index contributed by atoms with van der Waals surface area (Å²) in [6.45, 7) is 0.471. The smallest absolute Gasteiger partial charge is 0.344 e. The number of hydrazine groups is 2. The lowest BCUT2D eigenvalue weighted by molar-refractivity contribution is -0.114. The van der Waals surface area contributed by atoms with Gasteiger partial charge in [0.05, 0.1) is 6.04 Å². The molecule has 0 radical (unpaired) electrons. The molecule has 42 heavy (non-hydrogen) atoms. The van der Waals surface area contributed by atoms with Crippen molar-refractivity contribution in [1.29, 1.82) is 0 Å².